The van der Waals surface area contributed by atoms with Crippen LogP contribution in [0.25, 0.3) is 11.1 Å². The van der Waals surface area contributed by atoms with E-state index in [1.54, 1.807) is 13.2 Å². The molecule has 0 saturated carbocycles. The molecule has 0 spiro atoms. The van der Waals surface area contributed by atoms with Crippen molar-refractivity contribution in [1.29, 1.82) is 0 Å². The predicted octanol–water partition coefficient (Wildman–Crippen LogP) is 3.95. The van der Waals surface area contributed by atoms with Gasteiger partial charge in [-0.1, -0.05) is 0 Å². The number of piperidine rings is 1. The van der Waals surface area contributed by atoms with Crippen molar-refractivity contribution in [2.24, 2.45) is 5.92 Å². The lowest BCUT2D eigenvalue weighted by atomic mass is 9.92. The lowest BCUT2D eigenvalue weighted by Crippen LogP contribution is -2.34. The molecular weight excluding hydrogens is 475 g/mol. The second-order valence-electron chi connectivity index (χ2n) is 9.17. The van der Waals surface area contributed by atoms with E-state index in [1.807, 2.05) is 29.5 Å². The third-order valence-electron chi connectivity index (χ3n) is 6.63. The van der Waals surface area contributed by atoms with Crippen LogP contribution in [0, 0.1) is 11.7 Å². The molecule has 1 fully saturated rings. The van der Waals surface area contributed by atoms with Gasteiger partial charge in [-0.25, -0.2) is 14.4 Å². The Balaban J connectivity index is 1.16. The molecule has 2 aromatic heterocycles. The quantitative estimate of drug-likeness (QED) is 0.369. The van der Waals surface area contributed by atoms with Crippen LogP contribution in [0.4, 0.5) is 10.3 Å². The monoisotopic (exact) mass is 510 g/mol. The first-order valence-electron chi connectivity index (χ1n) is 12.9. The Labute approximate surface area is 217 Å². The van der Waals surface area contributed by atoms with E-state index in [-0.39, 0.29) is 5.56 Å². The van der Waals surface area contributed by atoms with Crippen LogP contribution in [-0.2, 0) is 11.3 Å². The van der Waals surface area contributed by atoms with E-state index >= 15 is 0 Å². The van der Waals surface area contributed by atoms with Crippen molar-refractivity contribution < 1.29 is 18.7 Å². The van der Waals surface area contributed by atoms with Gasteiger partial charge in [-0.2, -0.15) is 5.10 Å². The van der Waals surface area contributed by atoms with Crippen LogP contribution >= 0.6 is 0 Å². The van der Waals surface area contributed by atoms with Gasteiger partial charge in [0.1, 0.15) is 11.6 Å². The number of hydrogen-bond donors (Lipinski definition) is 1. The van der Waals surface area contributed by atoms with Crippen LogP contribution in [-0.4, -0.2) is 65.6 Å². The minimum Gasteiger partial charge on any atom is -0.493 e. The smallest absolute Gasteiger partial charge is 0.254 e. The van der Waals surface area contributed by atoms with Gasteiger partial charge in [0.15, 0.2) is 0 Å². The fourth-order valence-corrected chi connectivity index (χ4v) is 4.43. The van der Waals surface area contributed by atoms with Crippen molar-refractivity contribution in [3.05, 3.63) is 54.4 Å². The summed E-state index contributed by atoms with van der Waals surface area (Å²) >= 11 is 0. The summed E-state index contributed by atoms with van der Waals surface area (Å²) in [6, 6.07) is 4.36. The highest BCUT2D eigenvalue weighted by molar-refractivity contribution is 5.94. The minimum atomic E-state index is -0.592. The molecule has 37 heavy (non-hydrogen) atoms. The van der Waals surface area contributed by atoms with Gasteiger partial charge in [0.2, 0.25) is 5.95 Å². The van der Waals surface area contributed by atoms with E-state index < -0.39 is 11.7 Å². The lowest BCUT2D eigenvalue weighted by Gasteiger charge is -2.32. The molecule has 0 atom stereocenters. The van der Waals surface area contributed by atoms with E-state index in [4.69, 9.17) is 9.47 Å². The maximum absolute atomic E-state index is 14.3. The average Bonchev–Trinajstić information content (AvgIpc) is 3.41. The number of carbonyl (C=O) groups excluding carboxylic acids is 1. The Morgan fingerprint density at radius 1 is 1.14 bits per heavy atom. The second kappa shape index (κ2) is 13.1. The first-order valence-corrected chi connectivity index (χ1v) is 12.9. The molecule has 0 unspecified atom stereocenters. The van der Waals surface area contributed by atoms with Crippen molar-refractivity contribution in [2.75, 3.05) is 44.9 Å². The number of aryl methyl sites for hydroxylation is 1. The summed E-state index contributed by atoms with van der Waals surface area (Å²) in [5, 5.41) is 6.93. The van der Waals surface area contributed by atoms with Crippen molar-refractivity contribution in [3.8, 4) is 16.9 Å². The third kappa shape index (κ3) is 7.25. The molecule has 1 aliphatic heterocycles. The van der Waals surface area contributed by atoms with Crippen molar-refractivity contribution in [2.45, 2.75) is 39.2 Å². The zero-order valence-electron chi connectivity index (χ0n) is 21.5. The van der Waals surface area contributed by atoms with Gasteiger partial charge in [0.25, 0.3) is 5.91 Å². The molecular formula is C27H35FN6O3. The zero-order chi connectivity index (χ0) is 26.0. The van der Waals surface area contributed by atoms with Gasteiger partial charge in [-0.15, -0.1) is 0 Å². The molecule has 1 aromatic carbocycles. The number of halogens is 1. The maximum atomic E-state index is 14.3. The predicted molar refractivity (Wildman–Crippen MR) is 139 cm³/mol. The van der Waals surface area contributed by atoms with Crippen molar-refractivity contribution in [1.82, 2.24) is 25.1 Å². The molecule has 4 rings (SSSR count). The normalized spacial score (nSPS) is 14.1. The summed E-state index contributed by atoms with van der Waals surface area (Å²) < 4.78 is 26.8. The minimum absolute atomic E-state index is 0.00133. The molecule has 3 heterocycles. The number of aromatic nitrogens is 4. The third-order valence-corrected chi connectivity index (χ3v) is 6.63. The standard InChI is InChI=1S/C27H35FN6O3/c1-3-34-19-22(18-32-34)21-16-30-27(31-17-21)33-11-8-20(9-12-33)5-4-13-37-23-6-7-24(25(28)15-23)26(35)29-10-14-36-2/h6-7,15-20H,3-5,8-14H2,1-2H3,(H,29,35). The van der Waals surface area contributed by atoms with Crippen molar-refractivity contribution >= 4 is 11.9 Å². The van der Waals surface area contributed by atoms with Gasteiger partial charge in [-0.3, -0.25) is 9.48 Å². The molecule has 3 aromatic rings. The number of rotatable bonds is 12. The highest BCUT2D eigenvalue weighted by Crippen LogP contribution is 2.26. The first kappa shape index (κ1) is 26.5. The Morgan fingerprint density at radius 3 is 2.59 bits per heavy atom. The number of ether oxygens (including phenoxy) is 2. The van der Waals surface area contributed by atoms with Gasteiger partial charge < -0.3 is 19.7 Å². The lowest BCUT2D eigenvalue weighted by molar-refractivity contribution is 0.0933. The molecule has 0 aliphatic carbocycles. The number of nitrogens with one attached hydrogen (secondary N) is 1. The Hall–Kier alpha value is -3.53. The summed E-state index contributed by atoms with van der Waals surface area (Å²) in [7, 11) is 1.54. The zero-order valence-corrected chi connectivity index (χ0v) is 21.5. The summed E-state index contributed by atoms with van der Waals surface area (Å²) in [6.07, 6.45) is 11.7. The van der Waals surface area contributed by atoms with E-state index in [9.17, 15) is 9.18 Å². The molecule has 10 heteroatoms. The first-order chi connectivity index (χ1) is 18.1. The van der Waals surface area contributed by atoms with Gasteiger partial charge in [-0.05, 0) is 50.7 Å². The average molecular weight is 511 g/mol. The summed E-state index contributed by atoms with van der Waals surface area (Å²) in [5.74, 6) is 0.771. The van der Waals surface area contributed by atoms with Crippen LogP contribution in [0.5, 0.6) is 5.75 Å². The molecule has 1 N–H and O–H groups in total. The molecule has 1 amide bonds. The fourth-order valence-electron chi connectivity index (χ4n) is 4.43. The van der Waals surface area contributed by atoms with Gasteiger partial charge >= 0.3 is 0 Å². The Bertz CT molecular complexity index is 1150. The SMILES string of the molecule is CCn1cc(-c2cnc(N3CCC(CCCOc4ccc(C(=O)NCCOC)c(F)c4)CC3)nc2)cn1. The van der Waals surface area contributed by atoms with Crippen LogP contribution in [0.15, 0.2) is 43.0 Å². The number of carbonyl (C=O) groups is 1. The summed E-state index contributed by atoms with van der Waals surface area (Å²) in [4.78, 5) is 23.4. The molecule has 0 bridgehead atoms. The van der Waals surface area contributed by atoms with Crippen LogP contribution in [0.3, 0.4) is 0 Å². The second-order valence-corrected chi connectivity index (χ2v) is 9.17. The maximum Gasteiger partial charge on any atom is 0.254 e. The Kier molecular flexibility index (Phi) is 9.42. The van der Waals surface area contributed by atoms with E-state index in [1.165, 1.54) is 12.1 Å². The van der Waals surface area contributed by atoms with E-state index in [0.29, 0.717) is 31.4 Å². The highest BCUT2D eigenvalue weighted by atomic mass is 19.1. The topological polar surface area (TPSA) is 94.4 Å². The van der Waals surface area contributed by atoms with Gasteiger partial charge in [0, 0.05) is 69.1 Å². The molecule has 198 valence electrons. The summed E-state index contributed by atoms with van der Waals surface area (Å²) in [5.41, 5.74) is 2.00. The number of hydrogen-bond acceptors (Lipinski definition) is 7. The Morgan fingerprint density at radius 2 is 1.92 bits per heavy atom. The van der Waals surface area contributed by atoms with Crippen LogP contribution in [0.1, 0.15) is 43.0 Å². The molecule has 0 radical (unpaired) electrons. The number of benzene rings is 1. The van der Waals surface area contributed by atoms with E-state index in [2.05, 4.69) is 32.2 Å². The van der Waals surface area contributed by atoms with Crippen LogP contribution < -0.4 is 15.0 Å². The van der Waals surface area contributed by atoms with Crippen molar-refractivity contribution in [3.63, 3.8) is 0 Å². The number of amides is 1. The number of methoxy groups -OCH3 is 1. The van der Waals surface area contributed by atoms with Gasteiger partial charge in [0.05, 0.1) is 25.0 Å². The van der Waals surface area contributed by atoms with E-state index in [0.717, 1.165) is 62.4 Å². The summed E-state index contributed by atoms with van der Waals surface area (Å²) in [6.45, 7) is 5.97. The highest BCUT2D eigenvalue weighted by Gasteiger charge is 2.21. The molecule has 1 aliphatic rings. The molecule has 1 saturated heterocycles. The van der Waals surface area contributed by atoms with Crippen LogP contribution in [0.2, 0.25) is 0 Å². The number of anilines is 1. The fraction of sp³-hybridized carbons (Fsp3) is 0.481. The number of nitrogens with zero attached hydrogens (tertiary/aromatic N) is 5. The largest absolute Gasteiger partial charge is 0.493 e. The molecule has 9 nitrogen and oxygen atoms in total.